The van der Waals surface area contributed by atoms with Crippen LogP contribution in [0.4, 0.5) is 19.3 Å². The molecule has 0 saturated heterocycles. The van der Waals surface area contributed by atoms with E-state index in [1.165, 1.54) is 0 Å². The number of carbonyl (C=O) groups is 1. The van der Waals surface area contributed by atoms with E-state index in [1.54, 1.807) is 0 Å². The van der Waals surface area contributed by atoms with Crippen molar-refractivity contribution in [1.29, 1.82) is 0 Å². The highest BCUT2D eigenvalue weighted by Crippen LogP contribution is 2.29. The first-order valence-corrected chi connectivity index (χ1v) is 3.85. The third kappa shape index (κ3) is 2.41. The summed E-state index contributed by atoms with van der Waals surface area (Å²) in [6.07, 6.45) is -1.27. The van der Waals surface area contributed by atoms with Gasteiger partial charge in [-0.1, -0.05) is 0 Å². The fourth-order valence-corrected chi connectivity index (χ4v) is 0.874. The summed E-state index contributed by atoms with van der Waals surface area (Å²) in [7, 11) is 0.966. The van der Waals surface area contributed by atoms with Gasteiger partial charge in [0.15, 0.2) is 11.6 Å². The zero-order chi connectivity index (χ0) is 12.3. The number of halogens is 2. The molecular weight excluding hydrogens is 228 g/mol. The zero-order valence-electron chi connectivity index (χ0n) is 7.90. The van der Waals surface area contributed by atoms with E-state index in [2.05, 4.69) is 9.47 Å². The first-order chi connectivity index (χ1) is 7.45. The van der Waals surface area contributed by atoms with Crippen LogP contribution in [0.1, 0.15) is 0 Å². The van der Waals surface area contributed by atoms with Crippen molar-refractivity contribution in [3.05, 3.63) is 33.9 Å². The van der Waals surface area contributed by atoms with E-state index in [0.29, 0.717) is 12.1 Å². The van der Waals surface area contributed by atoms with Crippen LogP contribution < -0.4 is 4.74 Å². The van der Waals surface area contributed by atoms with Crippen LogP contribution >= 0.6 is 0 Å². The summed E-state index contributed by atoms with van der Waals surface area (Å²) in [4.78, 5) is 20.1. The van der Waals surface area contributed by atoms with Gasteiger partial charge >= 0.3 is 11.8 Å². The molecule has 0 amide bonds. The molecule has 86 valence electrons. The van der Waals surface area contributed by atoms with E-state index in [-0.39, 0.29) is 0 Å². The molecule has 1 aromatic carbocycles. The summed E-state index contributed by atoms with van der Waals surface area (Å²) in [5, 5.41) is 10.4. The van der Waals surface area contributed by atoms with Crippen molar-refractivity contribution in [1.82, 2.24) is 0 Å². The second-order valence-electron chi connectivity index (χ2n) is 2.55. The van der Waals surface area contributed by atoms with Gasteiger partial charge in [-0.2, -0.15) is 0 Å². The van der Waals surface area contributed by atoms with Gasteiger partial charge in [-0.3, -0.25) is 10.1 Å². The molecule has 0 bridgehead atoms. The van der Waals surface area contributed by atoms with E-state index < -0.39 is 34.2 Å². The molecule has 0 aliphatic rings. The van der Waals surface area contributed by atoms with Crippen LogP contribution in [0.25, 0.3) is 0 Å². The van der Waals surface area contributed by atoms with Gasteiger partial charge in [0.05, 0.1) is 18.1 Å². The summed E-state index contributed by atoms with van der Waals surface area (Å²) in [6, 6.07) is 0.706. The standard InChI is InChI=1S/C8H5F2NO5/c1-15-8(12)16-7-3-5(10)4(9)2-6(7)11(13)14/h2-3H,1H3. The first-order valence-electron chi connectivity index (χ1n) is 3.85. The van der Waals surface area contributed by atoms with Crippen LogP contribution in [0, 0.1) is 21.7 Å². The Kier molecular flexibility index (Phi) is 3.33. The molecule has 1 rings (SSSR count). The molecule has 0 aliphatic carbocycles. The maximum atomic E-state index is 12.7. The minimum atomic E-state index is -1.41. The third-order valence-corrected chi connectivity index (χ3v) is 1.56. The molecule has 0 heterocycles. The lowest BCUT2D eigenvalue weighted by Gasteiger charge is -2.03. The lowest BCUT2D eigenvalue weighted by molar-refractivity contribution is -0.385. The molecule has 0 spiro atoms. The molecule has 0 aliphatic heterocycles. The average Bonchev–Trinajstić information content (AvgIpc) is 2.22. The highest BCUT2D eigenvalue weighted by atomic mass is 19.2. The van der Waals surface area contributed by atoms with Crippen LogP contribution in [0.3, 0.4) is 0 Å². The maximum absolute atomic E-state index is 12.7. The number of nitrogens with zero attached hydrogens (tertiary/aromatic N) is 1. The summed E-state index contributed by atoms with van der Waals surface area (Å²) in [6.45, 7) is 0. The van der Waals surface area contributed by atoms with Crippen molar-refractivity contribution in [3.8, 4) is 5.75 Å². The maximum Gasteiger partial charge on any atom is 0.513 e. The second-order valence-corrected chi connectivity index (χ2v) is 2.55. The minimum absolute atomic E-state index is 0.313. The Labute approximate surface area is 87.5 Å². The van der Waals surface area contributed by atoms with Gasteiger partial charge in [-0.25, -0.2) is 13.6 Å². The summed E-state index contributed by atoms with van der Waals surface area (Å²) in [5.74, 6) is -3.51. The van der Waals surface area contributed by atoms with Gasteiger partial charge < -0.3 is 9.47 Å². The Balaban J connectivity index is 3.19. The van der Waals surface area contributed by atoms with Crippen LogP contribution in [0.5, 0.6) is 5.75 Å². The Bertz CT molecular complexity index is 448. The van der Waals surface area contributed by atoms with Crippen molar-refractivity contribution in [3.63, 3.8) is 0 Å². The fraction of sp³-hybridized carbons (Fsp3) is 0.125. The molecule has 0 N–H and O–H groups in total. The number of nitro groups is 1. The summed E-state index contributed by atoms with van der Waals surface area (Å²) < 4.78 is 33.8. The molecule has 1 aromatic rings. The average molecular weight is 233 g/mol. The molecular formula is C8H5F2NO5. The van der Waals surface area contributed by atoms with Crippen LogP contribution in [-0.4, -0.2) is 18.2 Å². The largest absolute Gasteiger partial charge is 0.513 e. The highest BCUT2D eigenvalue weighted by molar-refractivity contribution is 5.66. The zero-order valence-corrected chi connectivity index (χ0v) is 7.90. The monoisotopic (exact) mass is 233 g/mol. The van der Waals surface area contributed by atoms with Crippen molar-refractivity contribution < 1.29 is 28.0 Å². The van der Waals surface area contributed by atoms with Gasteiger partial charge in [0, 0.05) is 6.07 Å². The van der Waals surface area contributed by atoms with Crippen molar-refractivity contribution in [2.24, 2.45) is 0 Å². The Morgan fingerprint density at radius 2 is 1.94 bits per heavy atom. The number of hydrogen-bond acceptors (Lipinski definition) is 5. The predicted molar refractivity (Wildman–Crippen MR) is 46.0 cm³/mol. The molecule has 0 fully saturated rings. The van der Waals surface area contributed by atoms with E-state index in [4.69, 9.17) is 0 Å². The Hall–Kier alpha value is -2.25. The van der Waals surface area contributed by atoms with E-state index in [9.17, 15) is 23.7 Å². The lowest BCUT2D eigenvalue weighted by atomic mass is 10.3. The number of carbonyl (C=O) groups excluding carboxylic acids is 1. The quantitative estimate of drug-likeness (QED) is 0.338. The lowest BCUT2D eigenvalue weighted by Crippen LogP contribution is -2.09. The normalized spacial score (nSPS) is 9.69. The van der Waals surface area contributed by atoms with Gasteiger partial charge in [0.25, 0.3) is 0 Å². The van der Waals surface area contributed by atoms with Crippen molar-refractivity contribution in [2.45, 2.75) is 0 Å². The highest BCUT2D eigenvalue weighted by Gasteiger charge is 2.22. The van der Waals surface area contributed by atoms with Crippen molar-refractivity contribution >= 4 is 11.8 Å². The van der Waals surface area contributed by atoms with Gasteiger partial charge in [0.2, 0.25) is 5.75 Å². The molecule has 16 heavy (non-hydrogen) atoms. The predicted octanol–water partition coefficient (Wildman–Crippen LogP) is 2.02. The molecule has 0 saturated carbocycles. The molecule has 0 unspecified atom stereocenters. The van der Waals surface area contributed by atoms with E-state index in [1.807, 2.05) is 0 Å². The summed E-state index contributed by atoms with van der Waals surface area (Å²) >= 11 is 0. The van der Waals surface area contributed by atoms with Gasteiger partial charge in [-0.15, -0.1) is 0 Å². The Morgan fingerprint density at radius 3 is 2.44 bits per heavy atom. The van der Waals surface area contributed by atoms with E-state index >= 15 is 0 Å². The van der Waals surface area contributed by atoms with Gasteiger partial charge in [-0.05, 0) is 0 Å². The topological polar surface area (TPSA) is 78.7 Å². The SMILES string of the molecule is COC(=O)Oc1cc(F)c(F)cc1[N+](=O)[O-]. The smallest absolute Gasteiger partial charge is 0.437 e. The van der Waals surface area contributed by atoms with E-state index in [0.717, 1.165) is 7.11 Å². The molecule has 0 aromatic heterocycles. The first kappa shape index (κ1) is 11.8. The minimum Gasteiger partial charge on any atom is -0.437 e. The Morgan fingerprint density at radius 1 is 1.38 bits per heavy atom. The number of rotatable bonds is 2. The molecule has 6 nitrogen and oxygen atoms in total. The molecule has 0 radical (unpaired) electrons. The number of methoxy groups -OCH3 is 1. The third-order valence-electron chi connectivity index (χ3n) is 1.56. The number of ether oxygens (including phenoxy) is 2. The van der Waals surface area contributed by atoms with Gasteiger partial charge in [0.1, 0.15) is 0 Å². The fourth-order valence-electron chi connectivity index (χ4n) is 0.874. The molecule has 8 heteroatoms. The molecule has 0 atom stereocenters. The van der Waals surface area contributed by atoms with Crippen molar-refractivity contribution in [2.75, 3.05) is 7.11 Å². The second kappa shape index (κ2) is 4.51. The van der Waals surface area contributed by atoms with Crippen LogP contribution in [-0.2, 0) is 4.74 Å². The summed E-state index contributed by atoms with van der Waals surface area (Å²) in [5.41, 5.74) is -0.871. The van der Waals surface area contributed by atoms with Crippen LogP contribution in [0.2, 0.25) is 0 Å². The van der Waals surface area contributed by atoms with Crippen LogP contribution in [0.15, 0.2) is 12.1 Å². The number of nitro benzene ring substituents is 1. The number of hydrogen-bond donors (Lipinski definition) is 0. The number of benzene rings is 1.